The van der Waals surface area contributed by atoms with Crippen molar-refractivity contribution in [1.82, 2.24) is 10.2 Å². The average molecular weight is 352 g/mol. The monoisotopic (exact) mass is 351 g/mol. The number of hydrogen-bond donors (Lipinski definition) is 1. The molecule has 0 aliphatic carbocycles. The van der Waals surface area contributed by atoms with Gasteiger partial charge in [-0.05, 0) is 17.7 Å². The number of morpholine rings is 1. The zero-order chi connectivity index (χ0) is 15.1. The van der Waals surface area contributed by atoms with Crippen LogP contribution in [0.15, 0.2) is 28.7 Å². The maximum Gasteiger partial charge on any atom is 0.234 e. The average Bonchev–Trinajstić information content (AvgIpc) is 2.48. The second kappa shape index (κ2) is 8.13. The molecule has 21 heavy (non-hydrogen) atoms. The summed E-state index contributed by atoms with van der Waals surface area (Å²) in [4.78, 5) is 13.9. The lowest BCUT2D eigenvalue weighted by molar-refractivity contribution is -0.124. The smallest absolute Gasteiger partial charge is 0.234 e. The summed E-state index contributed by atoms with van der Waals surface area (Å²) in [6.45, 7) is 2.81. The summed E-state index contributed by atoms with van der Waals surface area (Å²) in [7, 11) is 0. The third-order valence-corrected chi connectivity index (χ3v) is 3.79. The number of halogens is 1. The minimum atomic E-state index is -0.0415. The molecule has 1 aliphatic rings. The third kappa shape index (κ3) is 5.12. The van der Waals surface area contributed by atoms with Crippen LogP contribution in [0.2, 0.25) is 0 Å². The van der Waals surface area contributed by atoms with Gasteiger partial charge in [0.25, 0.3) is 0 Å². The Hall–Kier alpha value is -1.42. The largest absolute Gasteiger partial charge is 0.371 e. The standard InChI is InChI=1S/C15H18BrN3O2/c16-13-4-1-3-12(9-13)14-10-19(7-8-21-14)11-15(20)18-6-2-5-17/h1,3-4,9,14H,2,6-8,10-11H2,(H,18,20)/t14-/m0/s1. The third-order valence-electron chi connectivity index (χ3n) is 3.30. The van der Waals surface area contributed by atoms with Gasteiger partial charge in [0.1, 0.15) is 0 Å². The summed E-state index contributed by atoms with van der Waals surface area (Å²) < 4.78 is 6.82. The number of carbonyl (C=O) groups excluding carboxylic acids is 1. The van der Waals surface area contributed by atoms with Crippen molar-refractivity contribution >= 4 is 21.8 Å². The second-order valence-electron chi connectivity index (χ2n) is 4.91. The molecule has 0 aromatic heterocycles. The molecule has 1 fully saturated rings. The van der Waals surface area contributed by atoms with Crippen molar-refractivity contribution in [3.63, 3.8) is 0 Å². The van der Waals surface area contributed by atoms with Crippen molar-refractivity contribution in [2.75, 3.05) is 32.8 Å². The van der Waals surface area contributed by atoms with Crippen LogP contribution < -0.4 is 5.32 Å². The van der Waals surface area contributed by atoms with Gasteiger partial charge in [-0.15, -0.1) is 0 Å². The van der Waals surface area contributed by atoms with Crippen LogP contribution in [0.1, 0.15) is 18.1 Å². The van der Waals surface area contributed by atoms with E-state index in [2.05, 4.69) is 26.1 Å². The van der Waals surface area contributed by atoms with Crippen LogP contribution >= 0.6 is 15.9 Å². The SMILES string of the molecule is N#CCCNC(=O)CN1CCO[C@H](c2cccc(Br)c2)C1. The molecule has 1 atom stereocenters. The number of nitrogens with one attached hydrogen (secondary N) is 1. The molecule has 1 saturated heterocycles. The van der Waals surface area contributed by atoms with Gasteiger partial charge in [0, 0.05) is 24.1 Å². The van der Waals surface area contributed by atoms with Crippen molar-refractivity contribution in [2.24, 2.45) is 0 Å². The van der Waals surface area contributed by atoms with E-state index in [1.807, 2.05) is 30.3 Å². The molecular weight excluding hydrogens is 334 g/mol. The minimum Gasteiger partial charge on any atom is -0.371 e. The van der Waals surface area contributed by atoms with E-state index in [4.69, 9.17) is 10.00 Å². The van der Waals surface area contributed by atoms with Crippen LogP contribution in [0.4, 0.5) is 0 Å². The van der Waals surface area contributed by atoms with Crippen molar-refractivity contribution in [3.05, 3.63) is 34.3 Å². The number of hydrogen-bond acceptors (Lipinski definition) is 4. The first-order valence-electron chi connectivity index (χ1n) is 6.92. The Morgan fingerprint density at radius 1 is 1.57 bits per heavy atom. The normalized spacial score (nSPS) is 19.0. The Bertz CT molecular complexity index is 530. The molecule has 1 N–H and O–H groups in total. The number of amides is 1. The zero-order valence-corrected chi connectivity index (χ0v) is 13.3. The molecule has 5 nitrogen and oxygen atoms in total. The fourth-order valence-corrected chi connectivity index (χ4v) is 2.69. The summed E-state index contributed by atoms with van der Waals surface area (Å²) in [5.41, 5.74) is 1.11. The maximum absolute atomic E-state index is 11.8. The summed E-state index contributed by atoms with van der Waals surface area (Å²) in [6, 6.07) is 10.0. The number of nitrogens with zero attached hydrogens (tertiary/aromatic N) is 2. The van der Waals surface area contributed by atoms with E-state index in [9.17, 15) is 4.79 Å². The van der Waals surface area contributed by atoms with Gasteiger partial charge in [0.05, 0.1) is 31.7 Å². The zero-order valence-electron chi connectivity index (χ0n) is 11.7. The van der Waals surface area contributed by atoms with Gasteiger partial charge in [-0.2, -0.15) is 5.26 Å². The molecule has 1 aromatic carbocycles. The lowest BCUT2D eigenvalue weighted by atomic mass is 10.1. The van der Waals surface area contributed by atoms with Crippen LogP contribution in [0, 0.1) is 11.3 Å². The van der Waals surface area contributed by atoms with Crippen LogP contribution in [0.5, 0.6) is 0 Å². The van der Waals surface area contributed by atoms with Crippen molar-refractivity contribution < 1.29 is 9.53 Å². The highest BCUT2D eigenvalue weighted by atomic mass is 79.9. The highest BCUT2D eigenvalue weighted by Gasteiger charge is 2.23. The summed E-state index contributed by atoms with van der Waals surface area (Å²) in [6.07, 6.45) is 0.332. The molecule has 1 amide bonds. The van der Waals surface area contributed by atoms with E-state index < -0.39 is 0 Å². The Kier molecular flexibility index (Phi) is 6.18. The molecule has 2 rings (SSSR count). The first-order valence-corrected chi connectivity index (χ1v) is 7.71. The highest BCUT2D eigenvalue weighted by Crippen LogP contribution is 2.24. The topological polar surface area (TPSA) is 65.4 Å². The van der Waals surface area contributed by atoms with Gasteiger partial charge in [-0.3, -0.25) is 9.69 Å². The van der Waals surface area contributed by atoms with E-state index in [0.29, 0.717) is 32.7 Å². The first kappa shape index (κ1) is 16.0. The molecule has 1 aliphatic heterocycles. The van der Waals surface area contributed by atoms with E-state index in [0.717, 1.165) is 16.6 Å². The number of carbonyl (C=O) groups is 1. The fraction of sp³-hybridized carbons (Fsp3) is 0.467. The van der Waals surface area contributed by atoms with Crippen molar-refractivity contribution in [1.29, 1.82) is 5.26 Å². The van der Waals surface area contributed by atoms with E-state index in [1.54, 1.807) is 0 Å². The summed E-state index contributed by atoms with van der Waals surface area (Å²) >= 11 is 3.46. The minimum absolute atomic E-state index is 0.0110. The Morgan fingerprint density at radius 2 is 2.43 bits per heavy atom. The number of ether oxygens (including phenoxy) is 1. The molecule has 6 heteroatoms. The van der Waals surface area contributed by atoms with Crippen molar-refractivity contribution in [3.8, 4) is 6.07 Å². The molecule has 0 saturated carbocycles. The molecule has 1 heterocycles. The predicted molar refractivity (Wildman–Crippen MR) is 82.5 cm³/mol. The summed E-state index contributed by atoms with van der Waals surface area (Å²) in [5, 5.41) is 11.2. The molecule has 0 spiro atoms. The highest BCUT2D eigenvalue weighted by molar-refractivity contribution is 9.10. The number of benzene rings is 1. The number of nitriles is 1. The fourth-order valence-electron chi connectivity index (χ4n) is 2.27. The molecule has 0 radical (unpaired) electrons. The molecule has 0 unspecified atom stereocenters. The lowest BCUT2D eigenvalue weighted by Crippen LogP contribution is -2.44. The Labute approximate surface area is 133 Å². The lowest BCUT2D eigenvalue weighted by Gasteiger charge is -2.32. The molecule has 0 bridgehead atoms. The van der Waals surface area contributed by atoms with Gasteiger partial charge in [0.15, 0.2) is 0 Å². The van der Waals surface area contributed by atoms with Gasteiger partial charge >= 0.3 is 0 Å². The second-order valence-corrected chi connectivity index (χ2v) is 5.82. The Morgan fingerprint density at radius 3 is 3.19 bits per heavy atom. The maximum atomic E-state index is 11.8. The molecule has 1 aromatic rings. The first-order chi connectivity index (χ1) is 10.2. The van der Waals surface area contributed by atoms with Gasteiger partial charge in [0.2, 0.25) is 5.91 Å². The van der Waals surface area contributed by atoms with Gasteiger partial charge < -0.3 is 10.1 Å². The van der Waals surface area contributed by atoms with Gasteiger partial charge in [-0.1, -0.05) is 28.1 Å². The van der Waals surface area contributed by atoms with Gasteiger partial charge in [-0.25, -0.2) is 0 Å². The van der Waals surface area contributed by atoms with Crippen LogP contribution in [0.3, 0.4) is 0 Å². The van der Waals surface area contributed by atoms with E-state index >= 15 is 0 Å². The summed E-state index contributed by atoms with van der Waals surface area (Å²) in [5.74, 6) is -0.0415. The van der Waals surface area contributed by atoms with E-state index in [-0.39, 0.29) is 12.0 Å². The van der Waals surface area contributed by atoms with Crippen molar-refractivity contribution in [2.45, 2.75) is 12.5 Å². The predicted octanol–water partition coefficient (Wildman–Crippen LogP) is 1.85. The van der Waals surface area contributed by atoms with Crippen LogP contribution in [-0.2, 0) is 9.53 Å². The quantitative estimate of drug-likeness (QED) is 0.822. The number of rotatable bonds is 5. The van der Waals surface area contributed by atoms with Crippen LogP contribution in [0.25, 0.3) is 0 Å². The molecule has 112 valence electrons. The van der Waals surface area contributed by atoms with Crippen LogP contribution in [-0.4, -0.2) is 43.6 Å². The molecular formula is C15H18BrN3O2. The Balaban J connectivity index is 1.86. The van der Waals surface area contributed by atoms with E-state index in [1.165, 1.54) is 0 Å².